The van der Waals surface area contributed by atoms with Crippen molar-refractivity contribution in [3.05, 3.63) is 33.4 Å². The molecule has 0 N–H and O–H groups in total. The second kappa shape index (κ2) is 7.24. The molecule has 2 rings (SSSR count). The Hall–Kier alpha value is -0.420. The van der Waals surface area contributed by atoms with E-state index >= 15 is 0 Å². The van der Waals surface area contributed by atoms with Crippen LogP contribution in [-0.4, -0.2) is 18.5 Å². The van der Waals surface area contributed by atoms with Gasteiger partial charge in [-0.1, -0.05) is 37.8 Å². The third kappa shape index (κ3) is 4.35. The van der Waals surface area contributed by atoms with Crippen LogP contribution in [-0.2, 0) is 4.74 Å². The van der Waals surface area contributed by atoms with Crippen LogP contribution in [0.1, 0.15) is 48.9 Å². The number of halogens is 1. The maximum absolute atomic E-state index is 12.0. The zero-order valence-corrected chi connectivity index (χ0v) is 12.7. The molecule has 18 heavy (non-hydrogen) atoms. The molecular formula is C15H19IO2. The van der Waals surface area contributed by atoms with E-state index in [-0.39, 0.29) is 12.4 Å². The van der Waals surface area contributed by atoms with E-state index < -0.39 is 0 Å². The van der Waals surface area contributed by atoms with Crippen molar-refractivity contribution in [3.8, 4) is 0 Å². The van der Waals surface area contributed by atoms with Crippen LogP contribution in [0.4, 0.5) is 0 Å². The van der Waals surface area contributed by atoms with Crippen LogP contribution in [0.15, 0.2) is 24.3 Å². The molecule has 0 bridgehead atoms. The van der Waals surface area contributed by atoms with E-state index in [4.69, 9.17) is 4.74 Å². The second-order valence-corrected chi connectivity index (χ2v) is 6.10. The highest BCUT2D eigenvalue weighted by Gasteiger charge is 2.14. The number of rotatable bonds is 4. The van der Waals surface area contributed by atoms with Gasteiger partial charge in [-0.2, -0.15) is 0 Å². The number of carbonyl (C=O) groups is 1. The lowest BCUT2D eigenvalue weighted by Gasteiger charge is -2.14. The average molecular weight is 358 g/mol. The fraction of sp³-hybridized carbons (Fsp3) is 0.533. The van der Waals surface area contributed by atoms with Crippen LogP contribution < -0.4 is 0 Å². The van der Waals surface area contributed by atoms with Gasteiger partial charge in [-0.25, -0.2) is 0 Å². The summed E-state index contributed by atoms with van der Waals surface area (Å²) in [5.74, 6) is 0.0932. The van der Waals surface area contributed by atoms with E-state index in [9.17, 15) is 4.79 Å². The first-order chi connectivity index (χ1) is 8.75. The predicted molar refractivity (Wildman–Crippen MR) is 80.9 cm³/mol. The summed E-state index contributed by atoms with van der Waals surface area (Å²) in [6.45, 7) is 0.227. The molecule has 0 heterocycles. The highest BCUT2D eigenvalue weighted by Crippen LogP contribution is 2.20. The second-order valence-electron chi connectivity index (χ2n) is 4.85. The summed E-state index contributed by atoms with van der Waals surface area (Å²) in [6.07, 6.45) is 7.61. The predicted octanol–water partition coefficient (Wildman–Crippen LogP) is 4.21. The Morgan fingerprint density at radius 2 is 1.72 bits per heavy atom. The number of ketones is 1. The average Bonchev–Trinajstić information content (AvgIpc) is 2.65. The van der Waals surface area contributed by atoms with Crippen molar-refractivity contribution >= 4 is 28.4 Å². The Kier molecular flexibility index (Phi) is 5.63. The van der Waals surface area contributed by atoms with Crippen LogP contribution in [0.5, 0.6) is 0 Å². The summed E-state index contributed by atoms with van der Waals surface area (Å²) in [5.41, 5.74) is 0.754. The van der Waals surface area contributed by atoms with E-state index in [1.807, 2.05) is 24.3 Å². The molecule has 2 nitrogen and oxygen atoms in total. The van der Waals surface area contributed by atoms with Gasteiger partial charge in [0.05, 0.1) is 6.10 Å². The minimum atomic E-state index is 0.0932. The number of benzene rings is 1. The maximum Gasteiger partial charge on any atom is 0.188 e. The van der Waals surface area contributed by atoms with E-state index in [1.54, 1.807) is 0 Å². The molecule has 1 aromatic rings. The van der Waals surface area contributed by atoms with Crippen molar-refractivity contribution in [2.24, 2.45) is 0 Å². The smallest absolute Gasteiger partial charge is 0.188 e. The lowest BCUT2D eigenvalue weighted by molar-refractivity contribution is 0.0389. The van der Waals surface area contributed by atoms with Crippen LogP contribution >= 0.6 is 22.6 Å². The van der Waals surface area contributed by atoms with Crippen molar-refractivity contribution < 1.29 is 9.53 Å². The number of hydrogen-bond donors (Lipinski definition) is 0. The molecule has 98 valence electrons. The number of ether oxygens (including phenoxy) is 1. The first kappa shape index (κ1) is 14.0. The minimum absolute atomic E-state index is 0.0932. The summed E-state index contributed by atoms with van der Waals surface area (Å²) >= 11 is 2.24. The highest BCUT2D eigenvalue weighted by molar-refractivity contribution is 14.1. The minimum Gasteiger partial charge on any atom is -0.370 e. The topological polar surface area (TPSA) is 26.3 Å². The first-order valence-corrected chi connectivity index (χ1v) is 7.74. The van der Waals surface area contributed by atoms with Gasteiger partial charge in [-0.15, -0.1) is 0 Å². The molecule has 0 atom stereocenters. The van der Waals surface area contributed by atoms with Crippen molar-refractivity contribution in [1.29, 1.82) is 0 Å². The molecular weight excluding hydrogens is 339 g/mol. The van der Waals surface area contributed by atoms with Crippen molar-refractivity contribution in [1.82, 2.24) is 0 Å². The molecule has 0 spiro atoms. The van der Waals surface area contributed by atoms with E-state index in [1.165, 1.54) is 25.7 Å². The zero-order valence-electron chi connectivity index (χ0n) is 10.5. The van der Waals surface area contributed by atoms with Gasteiger partial charge in [-0.05, 0) is 47.6 Å². The van der Waals surface area contributed by atoms with Gasteiger partial charge in [0.25, 0.3) is 0 Å². The fourth-order valence-corrected chi connectivity index (χ4v) is 2.68. The maximum atomic E-state index is 12.0. The van der Waals surface area contributed by atoms with E-state index in [0.717, 1.165) is 22.0 Å². The van der Waals surface area contributed by atoms with Gasteiger partial charge >= 0.3 is 0 Å². The molecule has 0 radical (unpaired) electrons. The molecule has 3 heteroatoms. The van der Waals surface area contributed by atoms with Gasteiger partial charge in [0.2, 0.25) is 0 Å². The number of carbonyl (C=O) groups excluding carboxylic acids is 1. The highest BCUT2D eigenvalue weighted by atomic mass is 127. The standard InChI is InChI=1S/C15H19IO2/c16-13-9-7-12(8-10-13)15(17)11-18-14-5-3-1-2-4-6-14/h7-10,14H,1-6,11H2. The summed E-state index contributed by atoms with van der Waals surface area (Å²) in [4.78, 5) is 12.0. The van der Waals surface area contributed by atoms with Crippen LogP contribution in [0.3, 0.4) is 0 Å². The van der Waals surface area contributed by atoms with Crippen LogP contribution in [0.2, 0.25) is 0 Å². The molecule has 0 amide bonds. The number of Topliss-reactive ketones (excluding diaryl/α,β-unsaturated/α-hetero) is 1. The van der Waals surface area contributed by atoms with Crippen molar-refractivity contribution in [2.45, 2.75) is 44.6 Å². The van der Waals surface area contributed by atoms with E-state index in [2.05, 4.69) is 22.6 Å². The normalized spacial score (nSPS) is 17.4. The third-order valence-electron chi connectivity index (χ3n) is 3.42. The monoisotopic (exact) mass is 358 g/mol. The molecule has 0 aromatic heterocycles. The fourth-order valence-electron chi connectivity index (χ4n) is 2.32. The Morgan fingerprint density at radius 3 is 2.33 bits per heavy atom. The molecule has 0 aliphatic heterocycles. The van der Waals surface area contributed by atoms with Crippen molar-refractivity contribution in [2.75, 3.05) is 6.61 Å². The third-order valence-corrected chi connectivity index (χ3v) is 4.14. The molecule has 1 aliphatic carbocycles. The molecule has 1 aliphatic rings. The summed E-state index contributed by atoms with van der Waals surface area (Å²) in [5, 5.41) is 0. The van der Waals surface area contributed by atoms with Gasteiger partial charge < -0.3 is 4.74 Å². The molecule has 0 unspecified atom stereocenters. The largest absolute Gasteiger partial charge is 0.370 e. The summed E-state index contributed by atoms with van der Waals surface area (Å²) in [6, 6.07) is 7.67. The van der Waals surface area contributed by atoms with Gasteiger partial charge in [-0.3, -0.25) is 4.79 Å². The van der Waals surface area contributed by atoms with Crippen LogP contribution in [0, 0.1) is 3.57 Å². The number of hydrogen-bond acceptors (Lipinski definition) is 2. The van der Waals surface area contributed by atoms with Gasteiger partial charge in [0.15, 0.2) is 5.78 Å². The Morgan fingerprint density at radius 1 is 1.11 bits per heavy atom. The Bertz CT molecular complexity index is 378. The zero-order chi connectivity index (χ0) is 12.8. The SMILES string of the molecule is O=C(COC1CCCCCC1)c1ccc(I)cc1. The first-order valence-electron chi connectivity index (χ1n) is 6.66. The Balaban J connectivity index is 1.82. The van der Waals surface area contributed by atoms with Gasteiger partial charge in [0, 0.05) is 9.13 Å². The lowest BCUT2D eigenvalue weighted by atomic mass is 10.1. The molecule has 0 saturated heterocycles. The molecule has 1 fully saturated rings. The van der Waals surface area contributed by atoms with E-state index in [0.29, 0.717) is 6.10 Å². The molecule has 1 saturated carbocycles. The quantitative estimate of drug-likeness (QED) is 0.458. The summed E-state index contributed by atoms with van der Waals surface area (Å²) in [7, 11) is 0. The molecule has 1 aromatic carbocycles. The van der Waals surface area contributed by atoms with Crippen molar-refractivity contribution in [3.63, 3.8) is 0 Å². The lowest BCUT2D eigenvalue weighted by Crippen LogP contribution is -2.18. The summed E-state index contributed by atoms with van der Waals surface area (Å²) < 4.78 is 6.91. The Labute approximate surface area is 122 Å². The van der Waals surface area contributed by atoms with Crippen LogP contribution in [0.25, 0.3) is 0 Å². The van der Waals surface area contributed by atoms with Gasteiger partial charge in [0.1, 0.15) is 6.61 Å².